The first-order valence-corrected chi connectivity index (χ1v) is 7.20. The zero-order chi connectivity index (χ0) is 14.4. The highest BCUT2D eigenvalue weighted by molar-refractivity contribution is 5.47. The topological polar surface area (TPSA) is 27.0 Å². The largest absolute Gasteiger partial charge is 0.373 e. The summed E-state index contributed by atoms with van der Waals surface area (Å²) in [5.74, 6) is 1.09. The molecule has 0 aromatic heterocycles. The molecule has 0 fully saturated rings. The van der Waals surface area contributed by atoms with Crippen LogP contribution in [0, 0.1) is 23.2 Å². The van der Waals surface area contributed by atoms with Gasteiger partial charge in [-0.15, -0.1) is 0 Å². The van der Waals surface area contributed by atoms with Crippen molar-refractivity contribution in [3.8, 4) is 6.07 Å². The van der Waals surface area contributed by atoms with Gasteiger partial charge in [0.2, 0.25) is 0 Å². The zero-order valence-corrected chi connectivity index (χ0v) is 12.9. The van der Waals surface area contributed by atoms with Crippen molar-refractivity contribution in [1.29, 1.82) is 5.26 Å². The summed E-state index contributed by atoms with van der Waals surface area (Å²) >= 11 is 0. The highest BCUT2D eigenvalue weighted by atomic mass is 15.1. The van der Waals surface area contributed by atoms with Crippen LogP contribution in [0.2, 0.25) is 0 Å². The molecule has 1 aromatic carbocycles. The van der Waals surface area contributed by atoms with E-state index in [4.69, 9.17) is 5.26 Å². The molecule has 2 nitrogen and oxygen atoms in total. The van der Waals surface area contributed by atoms with Gasteiger partial charge in [-0.2, -0.15) is 5.26 Å². The van der Waals surface area contributed by atoms with E-state index in [1.54, 1.807) is 0 Å². The molecule has 0 heterocycles. The summed E-state index contributed by atoms with van der Waals surface area (Å²) in [7, 11) is 2.06. The van der Waals surface area contributed by atoms with Crippen molar-refractivity contribution in [3.05, 3.63) is 29.8 Å². The molecule has 1 aromatic rings. The first-order valence-electron chi connectivity index (χ1n) is 7.20. The molecule has 104 valence electrons. The lowest BCUT2D eigenvalue weighted by Crippen LogP contribution is -2.27. The quantitative estimate of drug-likeness (QED) is 0.754. The van der Waals surface area contributed by atoms with Gasteiger partial charge in [-0.25, -0.2) is 0 Å². The standard InChI is InChI=1S/C17H26N2/c1-6-14(4)15-7-9-17(10-8-15)19(5)12-16(11-18)13(2)3/h7-10,13-14,16H,6,12H2,1-5H3. The molecular weight excluding hydrogens is 232 g/mol. The van der Waals surface area contributed by atoms with Crippen LogP contribution < -0.4 is 4.90 Å². The lowest BCUT2D eigenvalue weighted by atomic mass is 9.96. The van der Waals surface area contributed by atoms with Gasteiger partial charge in [-0.05, 0) is 36.0 Å². The fraction of sp³-hybridized carbons (Fsp3) is 0.588. The minimum atomic E-state index is 0.0826. The molecule has 0 N–H and O–H groups in total. The molecule has 2 unspecified atom stereocenters. The van der Waals surface area contributed by atoms with Crippen LogP contribution in [0.4, 0.5) is 5.69 Å². The van der Waals surface area contributed by atoms with E-state index in [9.17, 15) is 0 Å². The molecular formula is C17H26N2. The molecule has 0 aliphatic rings. The fourth-order valence-electron chi connectivity index (χ4n) is 2.09. The van der Waals surface area contributed by atoms with E-state index in [-0.39, 0.29) is 5.92 Å². The summed E-state index contributed by atoms with van der Waals surface area (Å²) in [4.78, 5) is 2.17. The van der Waals surface area contributed by atoms with Crippen molar-refractivity contribution in [2.75, 3.05) is 18.5 Å². The summed E-state index contributed by atoms with van der Waals surface area (Å²) in [6.07, 6.45) is 1.17. The van der Waals surface area contributed by atoms with Crippen molar-refractivity contribution in [3.63, 3.8) is 0 Å². The molecule has 19 heavy (non-hydrogen) atoms. The van der Waals surface area contributed by atoms with Gasteiger partial charge in [-0.3, -0.25) is 0 Å². The number of hydrogen-bond donors (Lipinski definition) is 0. The van der Waals surface area contributed by atoms with Gasteiger partial charge < -0.3 is 4.90 Å². The van der Waals surface area contributed by atoms with E-state index < -0.39 is 0 Å². The molecule has 0 bridgehead atoms. The minimum absolute atomic E-state index is 0.0826. The maximum Gasteiger partial charge on any atom is 0.0677 e. The van der Waals surface area contributed by atoms with Crippen LogP contribution in [-0.4, -0.2) is 13.6 Å². The van der Waals surface area contributed by atoms with Gasteiger partial charge in [0, 0.05) is 19.3 Å². The molecule has 0 amide bonds. The molecule has 1 rings (SSSR count). The average Bonchev–Trinajstić information content (AvgIpc) is 2.43. The average molecular weight is 258 g/mol. The normalized spacial score (nSPS) is 13.9. The second-order valence-electron chi connectivity index (χ2n) is 5.76. The molecule has 0 spiro atoms. The van der Waals surface area contributed by atoms with Crippen molar-refractivity contribution in [2.45, 2.75) is 40.0 Å². The Bertz CT molecular complexity index is 414. The number of nitrogens with zero attached hydrogens (tertiary/aromatic N) is 2. The van der Waals surface area contributed by atoms with Crippen molar-refractivity contribution >= 4 is 5.69 Å². The number of nitriles is 1. The first kappa shape index (κ1) is 15.6. The van der Waals surface area contributed by atoms with E-state index in [2.05, 4.69) is 70.0 Å². The van der Waals surface area contributed by atoms with Crippen LogP contribution in [0.1, 0.15) is 45.6 Å². The van der Waals surface area contributed by atoms with Gasteiger partial charge in [-0.1, -0.05) is 39.8 Å². The third kappa shape index (κ3) is 4.28. The minimum Gasteiger partial charge on any atom is -0.373 e. The summed E-state index contributed by atoms with van der Waals surface area (Å²) < 4.78 is 0. The number of rotatable bonds is 6. The maximum atomic E-state index is 9.16. The first-order chi connectivity index (χ1) is 8.99. The lowest BCUT2D eigenvalue weighted by Gasteiger charge is -2.24. The van der Waals surface area contributed by atoms with E-state index >= 15 is 0 Å². The smallest absolute Gasteiger partial charge is 0.0677 e. The van der Waals surface area contributed by atoms with Gasteiger partial charge in [0.15, 0.2) is 0 Å². The Morgan fingerprint density at radius 2 is 1.74 bits per heavy atom. The second kappa shape index (κ2) is 7.19. The maximum absolute atomic E-state index is 9.16. The van der Waals surface area contributed by atoms with Crippen LogP contribution in [0.25, 0.3) is 0 Å². The number of benzene rings is 1. The Morgan fingerprint density at radius 1 is 1.16 bits per heavy atom. The Hall–Kier alpha value is -1.49. The van der Waals surface area contributed by atoms with E-state index in [0.717, 1.165) is 6.54 Å². The van der Waals surface area contributed by atoms with Crippen LogP contribution in [0.5, 0.6) is 0 Å². The molecule has 0 saturated carbocycles. The van der Waals surface area contributed by atoms with Crippen molar-refractivity contribution in [2.24, 2.45) is 11.8 Å². The molecule has 0 saturated heterocycles. The highest BCUT2D eigenvalue weighted by Crippen LogP contribution is 2.23. The summed E-state index contributed by atoms with van der Waals surface area (Å²) in [5, 5.41) is 9.16. The van der Waals surface area contributed by atoms with Crippen LogP contribution in [0.15, 0.2) is 24.3 Å². The molecule has 0 aliphatic carbocycles. The lowest BCUT2D eigenvalue weighted by molar-refractivity contribution is 0.477. The van der Waals surface area contributed by atoms with E-state index in [1.807, 2.05) is 0 Å². The highest BCUT2D eigenvalue weighted by Gasteiger charge is 2.15. The van der Waals surface area contributed by atoms with E-state index in [1.165, 1.54) is 17.7 Å². The predicted octanol–water partition coefficient (Wildman–Crippen LogP) is 4.43. The Kier molecular flexibility index (Phi) is 5.89. The molecule has 0 aliphatic heterocycles. The molecule has 0 radical (unpaired) electrons. The van der Waals surface area contributed by atoms with Crippen molar-refractivity contribution < 1.29 is 0 Å². The monoisotopic (exact) mass is 258 g/mol. The van der Waals surface area contributed by atoms with Crippen molar-refractivity contribution in [1.82, 2.24) is 0 Å². The predicted molar refractivity (Wildman–Crippen MR) is 82.4 cm³/mol. The van der Waals surface area contributed by atoms with Gasteiger partial charge in [0.1, 0.15) is 0 Å². The summed E-state index contributed by atoms with van der Waals surface area (Å²) in [5.41, 5.74) is 2.58. The third-order valence-electron chi connectivity index (χ3n) is 3.96. The fourth-order valence-corrected chi connectivity index (χ4v) is 2.09. The zero-order valence-electron chi connectivity index (χ0n) is 12.9. The van der Waals surface area contributed by atoms with Crippen LogP contribution >= 0.6 is 0 Å². The number of hydrogen-bond acceptors (Lipinski definition) is 2. The number of anilines is 1. The second-order valence-corrected chi connectivity index (χ2v) is 5.76. The molecule has 2 heteroatoms. The summed E-state index contributed by atoms with van der Waals surface area (Å²) in [6, 6.07) is 11.1. The van der Waals surface area contributed by atoms with E-state index in [0.29, 0.717) is 11.8 Å². The van der Waals surface area contributed by atoms with Gasteiger partial charge >= 0.3 is 0 Å². The molecule has 2 atom stereocenters. The Balaban J connectivity index is 2.73. The summed E-state index contributed by atoms with van der Waals surface area (Å²) in [6.45, 7) is 9.46. The SMILES string of the molecule is CCC(C)c1ccc(N(C)CC(C#N)C(C)C)cc1. The third-order valence-corrected chi connectivity index (χ3v) is 3.96. The van der Waals surface area contributed by atoms with Gasteiger partial charge in [0.05, 0.1) is 12.0 Å². The Labute approximate surface area is 118 Å². The van der Waals surface area contributed by atoms with Crippen LogP contribution in [-0.2, 0) is 0 Å². The van der Waals surface area contributed by atoms with Gasteiger partial charge in [0.25, 0.3) is 0 Å². The van der Waals surface area contributed by atoms with Crippen LogP contribution in [0.3, 0.4) is 0 Å². The Morgan fingerprint density at radius 3 is 2.16 bits per heavy atom.